The van der Waals surface area contributed by atoms with Crippen molar-refractivity contribution in [3.05, 3.63) is 71.4 Å². The number of aromatic amines is 1. The van der Waals surface area contributed by atoms with Crippen LogP contribution in [0.15, 0.2) is 54.6 Å². The minimum absolute atomic E-state index is 0.0141. The number of carbonyl (C=O) groups excluding carboxylic acids is 2. The Morgan fingerprint density at radius 2 is 1.63 bits per heavy atom. The Kier molecular flexibility index (Phi) is 5.97. The van der Waals surface area contributed by atoms with Gasteiger partial charge in [0.25, 0.3) is 5.91 Å². The van der Waals surface area contributed by atoms with Crippen molar-refractivity contribution in [2.75, 3.05) is 11.9 Å². The van der Waals surface area contributed by atoms with E-state index in [9.17, 15) is 27.6 Å². The Labute approximate surface area is 196 Å². The fraction of sp³-hybridized carbons (Fsp3) is 0.217. The summed E-state index contributed by atoms with van der Waals surface area (Å²) in [6.07, 6.45) is -6.15. The van der Waals surface area contributed by atoms with Crippen LogP contribution in [0.1, 0.15) is 34.5 Å². The molecule has 182 valence electrons. The molecule has 9 nitrogen and oxygen atoms in total. The number of H-pyrrole nitrogens is 1. The predicted molar refractivity (Wildman–Crippen MR) is 117 cm³/mol. The van der Waals surface area contributed by atoms with E-state index in [2.05, 4.69) is 15.5 Å². The number of anilines is 1. The maximum Gasteiger partial charge on any atom is 0.422 e. The third-order valence-electron chi connectivity index (χ3n) is 5.75. The minimum Gasteiger partial charge on any atom is -0.479 e. The van der Waals surface area contributed by atoms with Gasteiger partial charge in [-0.25, -0.2) is 9.59 Å². The van der Waals surface area contributed by atoms with E-state index in [1.807, 2.05) is 48.5 Å². The van der Waals surface area contributed by atoms with E-state index >= 15 is 0 Å². The summed E-state index contributed by atoms with van der Waals surface area (Å²) in [5, 5.41) is 18.4. The number of rotatable bonds is 6. The van der Waals surface area contributed by atoms with Gasteiger partial charge < -0.3 is 15.2 Å². The van der Waals surface area contributed by atoms with Gasteiger partial charge in [0.2, 0.25) is 5.54 Å². The first-order chi connectivity index (χ1) is 16.5. The molecule has 0 aliphatic heterocycles. The third kappa shape index (κ3) is 4.42. The number of alkyl halides is 3. The molecule has 1 heterocycles. The SMILES string of the molecule is CC(NC(=O)c1cc(NC(=O)OCC2c3ccccc3-c3ccccc32)n[nH]1)(C(=O)O)C(F)(F)F. The number of carboxylic acids is 1. The summed E-state index contributed by atoms with van der Waals surface area (Å²) in [4.78, 5) is 35.5. The van der Waals surface area contributed by atoms with E-state index in [4.69, 9.17) is 9.84 Å². The first-order valence-electron chi connectivity index (χ1n) is 10.3. The Balaban J connectivity index is 1.40. The average Bonchev–Trinajstić information content (AvgIpc) is 3.39. The minimum atomic E-state index is -5.25. The summed E-state index contributed by atoms with van der Waals surface area (Å²) in [6, 6.07) is 16.4. The lowest BCUT2D eigenvalue weighted by molar-refractivity contribution is -0.203. The van der Waals surface area contributed by atoms with Crippen LogP contribution in [-0.4, -0.2) is 51.6 Å². The highest BCUT2D eigenvalue weighted by Gasteiger charge is 2.58. The summed E-state index contributed by atoms with van der Waals surface area (Å²) in [5.74, 6) is -4.05. The molecule has 0 saturated carbocycles. The highest BCUT2D eigenvalue weighted by molar-refractivity contribution is 5.97. The Bertz CT molecular complexity index is 1260. The third-order valence-corrected chi connectivity index (χ3v) is 5.75. The standard InChI is InChI=1S/C23H19F3N4O5/c1-22(20(32)33,23(24,25)26)28-19(31)17-10-18(30-29-17)27-21(34)35-11-16-14-8-4-2-6-12(14)13-7-3-5-9-15(13)16/h2-10,16H,11H2,1H3,(H,28,31)(H,32,33)(H2,27,29,30,34). The molecule has 2 aromatic carbocycles. The van der Waals surface area contributed by atoms with Crippen molar-refractivity contribution in [1.82, 2.24) is 15.5 Å². The van der Waals surface area contributed by atoms with Gasteiger partial charge in [-0.05, 0) is 29.2 Å². The molecular weight excluding hydrogens is 469 g/mol. The van der Waals surface area contributed by atoms with Gasteiger partial charge in [0.1, 0.15) is 12.3 Å². The van der Waals surface area contributed by atoms with Crippen LogP contribution < -0.4 is 10.6 Å². The van der Waals surface area contributed by atoms with Gasteiger partial charge in [0, 0.05) is 12.0 Å². The van der Waals surface area contributed by atoms with Crippen LogP contribution in [0.3, 0.4) is 0 Å². The number of hydrogen-bond donors (Lipinski definition) is 4. The van der Waals surface area contributed by atoms with E-state index in [1.165, 1.54) is 5.32 Å². The van der Waals surface area contributed by atoms with Gasteiger partial charge >= 0.3 is 18.2 Å². The number of nitrogens with zero attached hydrogens (tertiary/aromatic N) is 1. The lowest BCUT2D eigenvalue weighted by atomic mass is 9.98. The van der Waals surface area contributed by atoms with Crippen LogP contribution in [0.5, 0.6) is 0 Å². The normalized spacial score (nSPS) is 14.4. The quantitative estimate of drug-likeness (QED) is 0.416. The first kappa shape index (κ1) is 23.8. The van der Waals surface area contributed by atoms with Crippen molar-refractivity contribution in [3.63, 3.8) is 0 Å². The fourth-order valence-corrected chi connectivity index (χ4v) is 3.78. The molecule has 1 aliphatic rings. The van der Waals surface area contributed by atoms with Crippen LogP contribution in [0.2, 0.25) is 0 Å². The molecule has 0 saturated heterocycles. The number of nitrogens with one attached hydrogen (secondary N) is 3. The second kappa shape index (κ2) is 8.78. The maximum absolute atomic E-state index is 13.1. The molecule has 4 N–H and O–H groups in total. The number of ether oxygens (including phenoxy) is 1. The van der Waals surface area contributed by atoms with E-state index in [0.717, 1.165) is 28.3 Å². The summed E-state index contributed by atoms with van der Waals surface area (Å²) in [7, 11) is 0. The Hall–Kier alpha value is -4.35. The van der Waals surface area contributed by atoms with Crippen LogP contribution in [0.25, 0.3) is 11.1 Å². The summed E-state index contributed by atoms with van der Waals surface area (Å²) < 4.78 is 44.7. The van der Waals surface area contributed by atoms with Crippen molar-refractivity contribution in [3.8, 4) is 11.1 Å². The highest BCUT2D eigenvalue weighted by atomic mass is 19.4. The molecule has 4 rings (SSSR count). The molecule has 12 heteroatoms. The van der Waals surface area contributed by atoms with Gasteiger partial charge in [-0.2, -0.15) is 18.3 Å². The number of hydrogen-bond acceptors (Lipinski definition) is 5. The molecule has 2 amide bonds. The van der Waals surface area contributed by atoms with Crippen molar-refractivity contribution in [2.24, 2.45) is 0 Å². The lowest BCUT2D eigenvalue weighted by Gasteiger charge is -2.28. The number of benzene rings is 2. The molecule has 0 spiro atoms. The summed E-state index contributed by atoms with van der Waals surface area (Å²) in [5.41, 5.74) is 0.100. The van der Waals surface area contributed by atoms with Crippen LogP contribution >= 0.6 is 0 Å². The molecule has 1 atom stereocenters. The number of aliphatic carboxylic acids is 1. The zero-order chi connectivity index (χ0) is 25.4. The van der Waals surface area contributed by atoms with Gasteiger partial charge in [-0.1, -0.05) is 48.5 Å². The number of carbonyl (C=O) groups is 3. The van der Waals surface area contributed by atoms with Crippen molar-refractivity contribution >= 4 is 23.8 Å². The average molecular weight is 488 g/mol. The predicted octanol–water partition coefficient (Wildman–Crippen LogP) is 3.91. The van der Waals surface area contributed by atoms with Crippen molar-refractivity contribution in [1.29, 1.82) is 0 Å². The molecule has 0 bridgehead atoms. The summed E-state index contributed by atoms with van der Waals surface area (Å²) >= 11 is 0. The number of halogens is 3. The molecule has 0 fully saturated rings. The highest BCUT2D eigenvalue weighted by Crippen LogP contribution is 2.44. The van der Waals surface area contributed by atoms with E-state index in [0.29, 0.717) is 6.92 Å². The monoisotopic (exact) mass is 488 g/mol. The van der Waals surface area contributed by atoms with Crippen molar-refractivity contribution < 1.29 is 37.4 Å². The molecule has 0 radical (unpaired) electrons. The zero-order valence-electron chi connectivity index (χ0n) is 18.1. The number of fused-ring (bicyclic) bond motifs is 3. The van der Waals surface area contributed by atoms with Gasteiger partial charge in [0.05, 0.1) is 0 Å². The van der Waals surface area contributed by atoms with Crippen LogP contribution in [-0.2, 0) is 9.53 Å². The van der Waals surface area contributed by atoms with E-state index in [1.54, 1.807) is 0 Å². The van der Waals surface area contributed by atoms with Crippen molar-refractivity contribution in [2.45, 2.75) is 24.6 Å². The smallest absolute Gasteiger partial charge is 0.422 e. The molecule has 1 unspecified atom stereocenters. The van der Waals surface area contributed by atoms with Gasteiger partial charge in [0.15, 0.2) is 5.82 Å². The maximum atomic E-state index is 13.1. The summed E-state index contributed by atoms with van der Waals surface area (Å²) in [6.45, 7) is 0.333. The molecular formula is C23H19F3N4O5. The van der Waals surface area contributed by atoms with Gasteiger partial charge in [-0.3, -0.25) is 15.2 Å². The fourth-order valence-electron chi connectivity index (χ4n) is 3.78. The molecule has 3 aromatic rings. The first-order valence-corrected chi connectivity index (χ1v) is 10.3. The van der Waals surface area contributed by atoms with Gasteiger partial charge in [-0.15, -0.1) is 0 Å². The molecule has 1 aliphatic carbocycles. The second-order valence-electron chi connectivity index (χ2n) is 8.00. The topological polar surface area (TPSA) is 133 Å². The number of carboxylic acid groups (broad SMARTS) is 1. The molecule has 1 aromatic heterocycles. The van der Waals surface area contributed by atoms with E-state index < -0.39 is 35.4 Å². The number of aromatic nitrogens is 2. The van der Waals surface area contributed by atoms with Crippen LogP contribution in [0.4, 0.5) is 23.8 Å². The number of amides is 2. The zero-order valence-corrected chi connectivity index (χ0v) is 18.1. The lowest BCUT2D eigenvalue weighted by Crippen LogP contribution is -2.61. The molecule has 35 heavy (non-hydrogen) atoms. The Morgan fingerprint density at radius 3 is 2.17 bits per heavy atom. The Morgan fingerprint density at radius 1 is 1.06 bits per heavy atom. The van der Waals surface area contributed by atoms with Crippen LogP contribution in [0, 0.1) is 0 Å². The largest absolute Gasteiger partial charge is 0.479 e. The second-order valence-corrected chi connectivity index (χ2v) is 8.00. The van der Waals surface area contributed by atoms with E-state index in [-0.39, 0.29) is 18.3 Å².